The highest BCUT2D eigenvalue weighted by atomic mass is 16.6. The molecule has 4 rings (SSSR count). The molecule has 8 nitrogen and oxygen atoms in total. The number of carbonyl (C=O) groups is 1. The number of hydrogen-bond acceptors (Lipinski definition) is 7. The molecule has 1 amide bonds. The molecule has 1 heterocycles. The third-order valence-electron chi connectivity index (χ3n) is 4.54. The summed E-state index contributed by atoms with van der Waals surface area (Å²) >= 11 is 0. The number of benzene rings is 3. The van der Waals surface area contributed by atoms with Crippen molar-refractivity contribution in [2.45, 2.75) is 13.5 Å². The molecule has 4 N–H and O–H groups in total. The highest BCUT2D eigenvalue weighted by molar-refractivity contribution is 5.98. The standard InChI is InChI=1S/C21H19N5O3/c1-13(27)22-12-14-6-8-15(9-7-14)16-4-2-3-5-17(16)23-18-10-11-19(24-28)21-20(18)25-29-26-21/h2-11,23-24,28H,12H2,1H3,(H,22,27). The number of fused-ring (bicyclic) bond motifs is 1. The normalized spacial score (nSPS) is 10.7. The molecule has 0 atom stereocenters. The lowest BCUT2D eigenvalue weighted by atomic mass is 10.0. The average Bonchev–Trinajstić information content (AvgIpc) is 3.24. The average molecular weight is 389 g/mol. The minimum atomic E-state index is -0.0558. The Morgan fingerprint density at radius 1 is 0.931 bits per heavy atom. The summed E-state index contributed by atoms with van der Waals surface area (Å²) in [5.41, 5.74) is 8.09. The SMILES string of the molecule is CC(=O)NCc1ccc(-c2ccccc2Nc2ccc(NO)c3nonc23)cc1. The molecule has 0 aliphatic carbocycles. The molecular weight excluding hydrogens is 370 g/mol. The van der Waals surface area contributed by atoms with Crippen molar-refractivity contribution in [3.05, 3.63) is 66.2 Å². The van der Waals surface area contributed by atoms with Crippen LogP contribution in [0.25, 0.3) is 22.2 Å². The van der Waals surface area contributed by atoms with E-state index in [2.05, 4.69) is 26.4 Å². The lowest BCUT2D eigenvalue weighted by molar-refractivity contribution is -0.119. The first-order valence-corrected chi connectivity index (χ1v) is 9.01. The van der Waals surface area contributed by atoms with Crippen molar-refractivity contribution in [1.29, 1.82) is 0 Å². The summed E-state index contributed by atoms with van der Waals surface area (Å²) in [6.07, 6.45) is 0. The minimum absolute atomic E-state index is 0.0558. The van der Waals surface area contributed by atoms with E-state index in [1.165, 1.54) is 6.92 Å². The van der Waals surface area contributed by atoms with Crippen molar-refractivity contribution in [2.75, 3.05) is 10.8 Å². The van der Waals surface area contributed by atoms with Crippen molar-refractivity contribution in [2.24, 2.45) is 0 Å². The molecule has 8 heteroatoms. The number of para-hydroxylation sites is 1. The van der Waals surface area contributed by atoms with Gasteiger partial charge in [-0.15, -0.1) is 0 Å². The Balaban J connectivity index is 1.64. The lowest BCUT2D eigenvalue weighted by Crippen LogP contribution is -2.18. The van der Waals surface area contributed by atoms with E-state index < -0.39 is 0 Å². The summed E-state index contributed by atoms with van der Waals surface area (Å²) in [6.45, 7) is 2.00. The van der Waals surface area contributed by atoms with Gasteiger partial charge in [0.25, 0.3) is 0 Å². The highest BCUT2D eigenvalue weighted by Gasteiger charge is 2.13. The largest absolute Gasteiger partial charge is 0.353 e. The summed E-state index contributed by atoms with van der Waals surface area (Å²) in [4.78, 5) is 11.1. The van der Waals surface area contributed by atoms with E-state index in [1.54, 1.807) is 12.1 Å². The molecule has 0 aliphatic rings. The van der Waals surface area contributed by atoms with Crippen LogP contribution in [0, 0.1) is 0 Å². The molecule has 1 aromatic heterocycles. The van der Waals surface area contributed by atoms with Gasteiger partial charge in [0.15, 0.2) is 11.0 Å². The van der Waals surface area contributed by atoms with Crippen LogP contribution in [0.2, 0.25) is 0 Å². The first-order valence-electron chi connectivity index (χ1n) is 9.01. The second-order valence-electron chi connectivity index (χ2n) is 6.51. The van der Waals surface area contributed by atoms with Crippen LogP contribution < -0.4 is 16.1 Å². The topological polar surface area (TPSA) is 112 Å². The molecule has 0 saturated heterocycles. The molecule has 0 aliphatic heterocycles. The van der Waals surface area contributed by atoms with E-state index in [-0.39, 0.29) is 5.91 Å². The number of amides is 1. The van der Waals surface area contributed by atoms with Gasteiger partial charge >= 0.3 is 0 Å². The molecule has 0 fully saturated rings. The second-order valence-corrected chi connectivity index (χ2v) is 6.51. The van der Waals surface area contributed by atoms with Crippen LogP contribution in [-0.2, 0) is 11.3 Å². The maximum atomic E-state index is 11.1. The van der Waals surface area contributed by atoms with Crippen LogP contribution in [0.5, 0.6) is 0 Å². The Morgan fingerprint density at radius 3 is 2.34 bits per heavy atom. The quantitative estimate of drug-likeness (QED) is 0.368. The number of nitrogens with zero attached hydrogens (tertiary/aromatic N) is 2. The van der Waals surface area contributed by atoms with Gasteiger partial charge in [0.1, 0.15) is 0 Å². The van der Waals surface area contributed by atoms with E-state index in [1.807, 2.05) is 48.5 Å². The number of nitrogens with one attached hydrogen (secondary N) is 3. The molecule has 3 aromatic carbocycles. The molecule has 0 unspecified atom stereocenters. The predicted molar refractivity (Wildman–Crippen MR) is 110 cm³/mol. The monoisotopic (exact) mass is 389 g/mol. The van der Waals surface area contributed by atoms with Gasteiger partial charge in [-0.05, 0) is 39.6 Å². The molecule has 4 aromatic rings. The number of rotatable bonds is 6. The van der Waals surface area contributed by atoms with Crippen molar-refractivity contribution in [3.63, 3.8) is 0 Å². The van der Waals surface area contributed by atoms with Gasteiger partial charge in [-0.1, -0.05) is 42.5 Å². The third-order valence-corrected chi connectivity index (χ3v) is 4.54. The van der Waals surface area contributed by atoms with Crippen LogP contribution in [0.15, 0.2) is 65.3 Å². The van der Waals surface area contributed by atoms with E-state index in [9.17, 15) is 10.0 Å². The smallest absolute Gasteiger partial charge is 0.217 e. The maximum Gasteiger partial charge on any atom is 0.217 e. The van der Waals surface area contributed by atoms with Crippen LogP contribution in [-0.4, -0.2) is 21.4 Å². The van der Waals surface area contributed by atoms with Crippen molar-refractivity contribution in [3.8, 4) is 11.1 Å². The summed E-state index contributed by atoms with van der Waals surface area (Å²) < 4.78 is 4.83. The first-order chi connectivity index (χ1) is 14.2. The Morgan fingerprint density at radius 2 is 1.62 bits per heavy atom. The zero-order valence-electron chi connectivity index (χ0n) is 15.6. The minimum Gasteiger partial charge on any atom is -0.353 e. The van der Waals surface area contributed by atoms with Gasteiger partial charge in [0.05, 0.1) is 11.4 Å². The van der Waals surface area contributed by atoms with Gasteiger partial charge < -0.3 is 10.6 Å². The van der Waals surface area contributed by atoms with Crippen molar-refractivity contribution < 1.29 is 14.6 Å². The fourth-order valence-electron chi connectivity index (χ4n) is 3.08. The summed E-state index contributed by atoms with van der Waals surface area (Å²) in [5, 5.41) is 23.2. The van der Waals surface area contributed by atoms with E-state index in [0.29, 0.717) is 29.0 Å². The van der Waals surface area contributed by atoms with E-state index >= 15 is 0 Å². The van der Waals surface area contributed by atoms with Crippen molar-refractivity contribution >= 4 is 34.0 Å². The molecule has 0 bridgehead atoms. The molecule has 0 spiro atoms. The van der Waals surface area contributed by atoms with Gasteiger partial charge in [0.2, 0.25) is 5.91 Å². The zero-order chi connectivity index (χ0) is 20.2. The first kappa shape index (κ1) is 18.5. The van der Waals surface area contributed by atoms with Crippen LogP contribution >= 0.6 is 0 Å². The van der Waals surface area contributed by atoms with Gasteiger partial charge in [0, 0.05) is 24.7 Å². The lowest BCUT2D eigenvalue weighted by Gasteiger charge is -2.13. The molecule has 0 radical (unpaired) electrons. The highest BCUT2D eigenvalue weighted by Crippen LogP contribution is 2.34. The molecule has 0 saturated carbocycles. The number of anilines is 3. The number of aromatic nitrogens is 2. The van der Waals surface area contributed by atoms with Crippen LogP contribution in [0.3, 0.4) is 0 Å². The molecule has 29 heavy (non-hydrogen) atoms. The van der Waals surface area contributed by atoms with Gasteiger partial charge in [-0.3, -0.25) is 15.5 Å². The maximum absolute atomic E-state index is 11.1. The van der Waals surface area contributed by atoms with E-state index in [0.717, 1.165) is 22.4 Å². The van der Waals surface area contributed by atoms with Gasteiger partial charge in [-0.2, -0.15) is 0 Å². The molecular formula is C21H19N5O3. The van der Waals surface area contributed by atoms with E-state index in [4.69, 9.17) is 4.63 Å². The van der Waals surface area contributed by atoms with Crippen molar-refractivity contribution in [1.82, 2.24) is 15.6 Å². The fraction of sp³-hybridized carbons (Fsp3) is 0.0952. The van der Waals surface area contributed by atoms with Crippen LogP contribution in [0.4, 0.5) is 17.1 Å². The Kier molecular flexibility index (Phi) is 5.08. The Hall–Kier alpha value is -3.91. The zero-order valence-corrected chi connectivity index (χ0v) is 15.6. The Labute approximate surface area is 166 Å². The summed E-state index contributed by atoms with van der Waals surface area (Å²) in [6, 6.07) is 19.4. The number of carbonyl (C=O) groups excluding carboxylic acids is 1. The second kappa shape index (κ2) is 7.99. The third kappa shape index (κ3) is 3.87. The summed E-state index contributed by atoms with van der Waals surface area (Å²) in [7, 11) is 0. The summed E-state index contributed by atoms with van der Waals surface area (Å²) in [5.74, 6) is -0.0558. The Bertz CT molecular complexity index is 1150. The molecule has 146 valence electrons. The van der Waals surface area contributed by atoms with Crippen LogP contribution in [0.1, 0.15) is 12.5 Å². The number of hydrogen-bond donors (Lipinski definition) is 4. The predicted octanol–water partition coefficient (Wildman–Crippen LogP) is 4.07. The fourth-order valence-corrected chi connectivity index (χ4v) is 3.08. The van der Waals surface area contributed by atoms with Gasteiger partial charge in [-0.25, -0.2) is 4.63 Å².